The number of halogens is 2. The van der Waals surface area contributed by atoms with Crippen LogP contribution in [0.25, 0.3) is 0 Å². The lowest BCUT2D eigenvalue weighted by Gasteiger charge is -2.31. The minimum absolute atomic E-state index is 0.119. The van der Waals surface area contributed by atoms with Crippen LogP contribution in [0.1, 0.15) is 17.0 Å². The quantitative estimate of drug-likeness (QED) is 0.862. The van der Waals surface area contributed by atoms with Crippen molar-refractivity contribution in [2.24, 2.45) is 12.8 Å². The molecule has 1 aromatic carbocycles. The first-order valence-electron chi connectivity index (χ1n) is 6.68. The summed E-state index contributed by atoms with van der Waals surface area (Å²) >= 11 is 3.53. The number of aryl methyl sites for hydroxylation is 2. The Kier molecular flexibility index (Phi) is 4.81. The van der Waals surface area contributed by atoms with Crippen molar-refractivity contribution in [3.8, 4) is 0 Å². The summed E-state index contributed by atoms with van der Waals surface area (Å²) in [5, 5.41) is 14.3. The van der Waals surface area contributed by atoms with E-state index in [-0.39, 0.29) is 19.0 Å². The van der Waals surface area contributed by atoms with Crippen molar-refractivity contribution in [1.82, 2.24) is 9.78 Å². The second kappa shape index (κ2) is 6.25. The molecule has 0 saturated heterocycles. The lowest BCUT2D eigenvalue weighted by molar-refractivity contribution is 0.194. The monoisotopic (exact) mass is 355 g/mol. The molecule has 1 atom stereocenters. The molecule has 0 aliphatic carbocycles. The number of rotatable bonds is 5. The van der Waals surface area contributed by atoms with Crippen LogP contribution in [0, 0.1) is 12.7 Å². The molecule has 21 heavy (non-hydrogen) atoms. The average molecular weight is 356 g/mol. The summed E-state index contributed by atoms with van der Waals surface area (Å²) in [7, 11) is 1.86. The summed E-state index contributed by atoms with van der Waals surface area (Å²) < 4.78 is 15.8. The van der Waals surface area contributed by atoms with Gasteiger partial charge in [0, 0.05) is 25.4 Å². The van der Waals surface area contributed by atoms with Gasteiger partial charge < -0.3 is 10.8 Å². The van der Waals surface area contributed by atoms with Crippen molar-refractivity contribution in [2.45, 2.75) is 18.8 Å². The van der Waals surface area contributed by atoms with Gasteiger partial charge in [0.1, 0.15) is 5.82 Å². The van der Waals surface area contributed by atoms with E-state index in [9.17, 15) is 9.50 Å². The van der Waals surface area contributed by atoms with Crippen LogP contribution in [0.3, 0.4) is 0 Å². The minimum atomic E-state index is -0.656. The molecule has 1 heterocycles. The van der Waals surface area contributed by atoms with Gasteiger partial charge in [-0.05, 0) is 40.5 Å². The standard InChI is InChI=1S/C15H19BrFN3O/c1-10-14(16)13(20(2)19-10)7-15(8-18,9-21)11-3-5-12(17)6-4-11/h3-6,21H,7-9,18H2,1-2H3. The molecule has 0 radical (unpaired) electrons. The lowest BCUT2D eigenvalue weighted by atomic mass is 9.77. The second-order valence-corrected chi connectivity index (χ2v) is 6.09. The molecule has 0 aliphatic rings. The number of hydrogen-bond acceptors (Lipinski definition) is 3. The van der Waals surface area contributed by atoms with Crippen molar-refractivity contribution in [1.29, 1.82) is 0 Å². The van der Waals surface area contributed by atoms with E-state index >= 15 is 0 Å². The zero-order chi connectivity index (χ0) is 15.6. The number of hydrogen-bond donors (Lipinski definition) is 2. The highest BCUT2D eigenvalue weighted by Gasteiger charge is 2.33. The summed E-state index contributed by atoms with van der Waals surface area (Å²) in [4.78, 5) is 0. The Hall–Kier alpha value is -1.24. The van der Waals surface area contributed by atoms with Crippen LogP contribution in [0.5, 0.6) is 0 Å². The third-order valence-electron chi connectivity index (χ3n) is 3.92. The van der Waals surface area contributed by atoms with E-state index in [1.165, 1.54) is 12.1 Å². The Morgan fingerprint density at radius 2 is 2.00 bits per heavy atom. The van der Waals surface area contributed by atoms with Crippen LogP contribution in [0.4, 0.5) is 4.39 Å². The third-order valence-corrected chi connectivity index (χ3v) is 4.95. The fourth-order valence-corrected chi connectivity index (χ4v) is 2.98. The molecule has 0 aliphatic heterocycles. The van der Waals surface area contributed by atoms with Crippen LogP contribution in [-0.4, -0.2) is 28.0 Å². The minimum Gasteiger partial charge on any atom is -0.395 e. The maximum Gasteiger partial charge on any atom is 0.123 e. The van der Waals surface area contributed by atoms with Crippen molar-refractivity contribution in [2.75, 3.05) is 13.2 Å². The molecular weight excluding hydrogens is 337 g/mol. The number of aliphatic hydroxyl groups is 1. The molecule has 0 bridgehead atoms. The summed E-state index contributed by atoms with van der Waals surface area (Å²) in [6.07, 6.45) is 0.517. The SMILES string of the molecule is Cc1nn(C)c(CC(CN)(CO)c2ccc(F)cc2)c1Br. The Bertz CT molecular complexity index is 621. The first-order valence-corrected chi connectivity index (χ1v) is 7.48. The number of aromatic nitrogens is 2. The van der Waals surface area contributed by atoms with Gasteiger partial charge in [0.15, 0.2) is 0 Å². The highest BCUT2D eigenvalue weighted by molar-refractivity contribution is 9.10. The van der Waals surface area contributed by atoms with Gasteiger partial charge >= 0.3 is 0 Å². The molecule has 2 aromatic rings. The van der Waals surface area contributed by atoms with Crippen molar-refractivity contribution in [3.05, 3.63) is 51.5 Å². The molecule has 3 N–H and O–H groups in total. The predicted molar refractivity (Wildman–Crippen MR) is 83.6 cm³/mol. The highest BCUT2D eigenvalue weighted by atomic mass is 79.9. The van der Waals surface area contributed by atoms with Gasteiger partial charge in [-0.1, -0.05) is 12.1 Å². The number of benzene rings is 1. The Labute approximate surface area is 131 Å². The van der Waals surface area contributed by atoms with E-state index in [4.69, 9.17) is 5.73 Å². The van der Waals surface area contributed by atoms with E-state index in [2.05, 4.69) is 21.0 Å². The van der Waals surface area contributed by atoms with Gasteiger partial charge in [-0.25, -0.2) is 4.39 Å². The fraction of sp³-hybridized carbons (Fsp3) is 0.400. The predicted octanol–water partition coefficient (Wildman–Crippen LogP) is 2.06. The van der Waals surface area contributed by atoms with Gasteiger partial charge in [0.2, 0.25) is 0 Å². The number of aliphatic hydroxyl groups excluding tert-OH is 1. The van der Waals surface area contributed by atoms with E-state index in [0.29, 0.717) is 6.42 Å². The molecule has 0 spiro atoms. The molecular formula is C15H19BrFN3O. The molecule has 1 aromatic heterocycles. The van der Waals surface area contributed by atoms with Crippen molar-refractivity contribution in [3.63, 3.8) is 0 Å². The first kappa shape index (κ1) is 16.1. The third kappa shape index (κ3) is 3.02. The molecule has 0 fully saturated rings. The number of nitrogens with zero attached hydrogens (tertiary/aromatic N) is 2. The Morgan fingerprint density at radius 3 is 2.43 bits per heavy atom. The number of nitrogens with two attached hydrogens (primary N) is 1. The fourth-order valence-electron chi connectivity index (χ4n) is 2.50. The highest BCUT2D eigenvalue weighted by Crippen LogP contribution is 2.31. The van der Waals surface area contributed by atoms with Crippen LogP contribution in [0.15, 0.2) is 28.7 Å². The van der Waals surface area contributed by atoms with Crippen molar-refractivity contribution >= 4 is 15.9 Å². The Morgan fingerprint density at radius 1 is 1.38 bits per heavy atom. The first-order chi connectivity index (χ1) is 9.93. The summed E-state index contributed by atoms with van der Waals surface area (Å²) in [5.74, 6) is -0.305. The van der Waals surface area contributed by atoms with Gasteiger partial charge in [0.25, 0.3) is 0 Å². The van der Waals surface area contributed by atoms with E-state index in [1.54, 1.807) is 16.8 Å². The molecule has 0 saturated carbocycles. The van der Waals surface area contributed by atoms with Crippen LogP contribution in [-0.2, 0) is 18.9 Å². The van der Waals surface area contributed by atoms with Crippen LogP contribution >= 0.6 is 15.9 Å². The smallest absolute Gasteiger partial charge is 0.123 e. The normalized spacial score (nSPS) is 14.2. The summed E-state index contributed by atoms with van der Waals surface area (Å²) in [6.45, 7) is 2.05. The largest absolute Gasteiger partial charge is 0.395 e. The molecule has 2 rings (SSSR count). The Balaban J connectivity index is 2.45. The topological polar surface area (TPSA) is 64.1 Å². The van der Waals surface area contributed by atoms with E-state index < -0.39 is 5.41 Å². The van der Waals surface area contributed by atoms with Crippen LogP contribution < -0.4 is 5.73 Å². The molecule has 0 amide bonds. The molecule has 114 valence electrons. The second-order valence-electron chi connectivity index (χ2n) is 5.30. The van der Waals surface area contributed by atoms with E-state index in [0.717, 1.165) is 21.4 Å². The van der Waals surface area contributed by atoms with E-state index in [1.807, 2.05) is 14.0 Å². The lowest BCUT2D eigenvalue weighted by Crippen LogP contribution is -2.41. The molecule has 1 unspecified atom stereocenters. The maximum atomic E-state index is 13.1. The zero-order valence-corrected chi connectivity index (χ0v) is 13.7. The maximum absolute atomic E-state index is 13.1. The average Bonchev–Trinajstić information content (AvgIpc) is 2.72. The van der Waals surface area contributed by atoms with Gasteiger partial charge in [-0.15, -0.1) is 0 Å². The summed E-state index contributed by atoms with van der Waals surface area (Å²) in [6, 6.07) is 6.13. The van der Waals surface area contributed by atoms with Gasteiger partial charge in [0.05, 0.1) is 22.5 Å². The summed E-state index contributed by atoms with van der Waals surface area (Å²) in [5.41, 5.74) is 7.95. The van der Waals surface area contributed by atoms with Crippen molar-refractivity contribution < 1.29 is 9.50 Å². The van der Waals surface area contributed by atoms with Gasteiger partial charge in [-0.2, -0.15) is 5.10 Å². The van der Waals surface area contributed by atoms with Gasteiger partial charge in [-0.3, -0.25) is 4.68 Å². The molecule has 6 heteroatoms. The van der Waals surface area contributed by atoms with Crippen LogP contribution in [0.2, 0.25) is 0 Å². The molecule has 4 nitrogen and oxygen atoms in total. The zero-order valence-electron chi connectivity index (χ0n) is 12.1.